The Labute approximate surface area is 94.7 Å². The summed E-state index contributed by atoms with van der Waals surface area (Å²) in [6.45, 7) is 3.38. The van der Waals surface area contributed by atoms with Crippen molar-refractivity contribution in [3.63, 3.8) is 0 Å². The molecule has 4 nitrogen and oxygen atoms in total. The van der Waals surface area contributed by atoms with Crippen LogP contribution in [0.3, 0.4) is 0 Å². The number of carbonyl (C=O) groups is 3. The van der Waals surface area contributed by atoms with Crippen LogP contribution in [0.5, 0.6) is 0 Å². The van der Waals surface area contributed by atoms with E-state index in [1.165, 1.54) is 13.2 Å². The van der Waals surface area contributed by atoms with Gasteiger partial charge in [0.25, 0.3) is 0 Å². The van der Waals surface area contributed by atoms with Crippen molar-refractivity contribution < 1.29 is 19.1 Å². The van der Waals surface area contributed by atoms with Crippen molar-refractivity contribution in [3.8, 4) is 0 Å². The van der Waals surface area contributed by atoms with Crippen LogP contribution < -0.4 is 0 Å². The van der Waals surface area contributed by atoms with Crippen LogP contribution in [0, 0.1) is 11.8 Å². The molecule has 1 rings (SSSR count). The van der Waals surface area contributed by atoms with Crippen LogP contribution in [0.1, 0.15) is 25.7 Å². The van der Waals surface area contributed by atoms with Crippen molar-refractivity contribution in [2.75, 3.05) is 7.11 Å². The molecule has 0 amide bonds. The molecule has 0 bridgehead atoms. The van der Waals surface area contributed by atoms with E-state index in [-0.39, 0.29) is 17.5 Å². The predicted octanol–water partition coefficient (Wildman–Crippen LogP) is 1.29. The van der Waals surface area contributed by atoms with Crippen molar-refractivity contribution >= 4 is 17.5 Å². The summed E-state index contributed by atoms with van der Waals surface area (Å²) in [7, 11) is 1.28. The Hall–Kier alpha value is -1.45. The second-order valence-electron chi connectivity index (χ2n) is 3.98. The summed E-state index contributed by atoms with van der Waals surface area (Å²) in [6, 6.07) is 0. The number of ketones is 2. The summed E-state index contributed by atoms with van der Waals surface area (Å²) < 4.78 is 4.60. The Bertz CT molecular complexity index is 319. The molecule has 0 aromatic carbocycles. The van der Waals surface area contributed by atoms with Gasteiger partial charge in [-0.05, 0) is 24.8 Å². The third-order valence-electron chi connectivity index (χ3n) is 3.02. The molecule has 88 valence electrons. The summed E-state index contributed by atoms with van der Waals surface area (Å²) in [6.07, 6.45) is 3.24. The van der Waals surface area contributed by atoms with Crippen LogP contribution in [0.15, 0.2) is 12.7 Å². The summed E-state index contributed by atoms with van der Waals surface area (Å²) >= 11 is 0. The first-order valence-corrected chi connectivity index (χ1v) is 5.36. The summed E-state index contributed by atoms with van der Waals surface area (Å²) in [5, 5.41) is 0. The summed E-state index contributed by atoms with van der Waals surface area (Å²) in [5.74, 6) is -1.31. The van der Waals surface area contributed by atoms with Crippen molar-refractivity contribution in [1.29, 1.82) is 0 Å². The highest BCUT2D eigenvalue weighted by molar-refractivity contribution is 6.01. The molecule has 16 heavy (non-hydrogen) atoms. The van der Waals surface area contributed by atoms with Crippen molar-refractivity contribution in [2.24, 2.45) is 11.8 Å². The van der Waals surface area contributed by atoms with E-state index < -0.39 is 11.9 Å². The molecule has 1 saturated carbocycles. The number of allylic oxidation sites excluding steroid dienone is 1. The normalized spacial score (nSPS) is 24.2. The van der Waals surface area contributed by atoms with Gasteiger partial charge in [0, 0.05) is 12.8 Å². The average Bonchev–Trinajstić information content (AvgIpc) is 2.66. The maximum atomic E-state index is 11.5. The largest absolute Gasteiger partial charge is 0.468 e. The molecule has 1 aliphatic rings. The number of esters is 1. The second kappa shape index (κ2) is 5.58. The van der Waals surface area contributed by atoms with E-state index in [0.717, 1.165) is 0 Å². The molecular formula is C12H16O4. The fraction of sp³-hybridized carbons (Fsp3) is 0.583. The summed E-state index contributed by atoms with van der Waals surface area (Å²) in [4.78, 5) is 34.0. The lowest BCUT2D eigenvalue weighted by Gasteiger charge is -2.15. The second-order valence-corrected chi connectivity index (χ2v) is 3.98. The van der Waals surface area contributed by atoms with Crippen LogP contribution in [-0.2, 0) is 19.1 Å². The number of ether oxygens (including phenoxy) is 1. The fourth-order valence-electron chi connectivity index (χ4n) is 2.10. The lowest BCUT2D eigenvalue weighted by atomic mass is 9.90. The van der Waals surface area contributed by atoms with Gasteiger partial charge in [-0.3, -0.25) is 14.4 Å². The molecule has 1 aliphatic carbocycles. The highest BCUT2D eigenvalue weighted by Gasteiger charge is 2.40. The maximum Gasteiger partial charge on any atom is 0.316 e. The Kier molecular flexibility index (Phi) is 4.40. The number of hydrogen-bond acceptors (Lipinski definition) is 4. The minimum atomic E-state index is -0.664. The zero-order valence-electron chi connectivity index (χ0n) is 9.40. The first-order chi connectivity index (χ1) is 7.60. The Morgan fingerprint density at radius 2 is 2.25 bits per heavy atom. The van der Waals surface area contributed by atoms with Crippen LogP contribution in [-0.4, -0.2) is 24.6 Å². The van der Waals surface area contributed by atoms with Gasteiger partial charge in [-0.25, -0.2) is 0 Å². The molecule has 0 aromatic heterocycles. The highest BCUT2D eigenvalue weighted by atomic mass is 16.5. The molecule has 0 aromatic rings. The van der Waals surface area contributed by atoms with E-state index in [9.17, 15) is 14.4 Å². The van der Waals surface area contributed by atoms with Gasteiger partial charge >= 0.3 is 5.97 Å². The molecule has 0 saturated heterocycles. The third kappa shape index (κ3) is 2.78. The van der Waals surface area contributed by atoms with E-state index in [1.54, 1.807) is 0 Å². The molecule has 2 atom stereocenters. The number of carbonyl (C=O) groups excluding carboxylic acids is 3. The molecule has 0 radical (unpaired) electrons. The smallest absolute Gasteiger partial charge is 0.316 e. The van der Waals surface area contributed by atoms with E-state index in [1.807, 2.05) is 0 Å². The van der Waals surface area contributed by atoms with Crippen LogP contribution in [0.25, 0.3) is 0 Å². The predicted molar refractivity (Wildman–Crippen MR) is 57.7 cm³/mol. The van der Waals surface area contributed by atoms with Gasteiger partial charge in [0.15, 0.2) is 5.78 Å². The molecule has 4 heteroatoms. The Morgan fingerprint density at radius 3 is 2.81 bits per heavy atom. The zero-order chi connectivity index (χ0) is 12.1. The van der Waals surface area contributed by atoms with Crippen LogP contribution >= 0.6 is 0 Å². The van der Waals surface area contributed by atoms with Crippen molar-refractivity contribution in [2.45, 2.75) is 25.7 Å². The van der Waals surface area contributed by atoms with Gasteiger partial charge < -0.3 is 4.74 Å². The molecule has 0 spiro atoms. The minimum absolute atomic E-state index is 0.0520. The Balaban J connectivity index is 2.58. The number of hydrogen-bond donors (Lipinski definition) is 0. The highest BCUT2D eigenvalue weighted by Crippen LogP contribution is 2.33. The lowest BCUT2D eigenvalue weighted by molar-refractivity contribution is -0.150. The van der Waals surface area contributed by atoms with E-state index in [0.29, 0.717) is 25.7 Å². The summed E-state index contributed by atoms with van der Waals surface area (Å²) in [5.41, 5.74) is 0. The Morgan fingerprint density at radius 1 is 1.56 bits per heavy atom. The number of methoxy groups -OCH3 is 1. The van der Waals surface area contributed by atoms with Crippen molar-refractivity contribution in [1.82, 2.24) is 0 Å². The molecule has 0 N–H and O–H groups in total. The van der Waals surface area contributed by atoms with Crippen LogP contribution in [0.4, 0.5) is 0 Å². The first kappa shape index (κ1) is 12.6. The standard InChI is InChI=1S/C12H16O4/c1-3-9(13)6-4-8-5-7-10(14)11(8)12(15)16-2/h3,8,11H,1,4-7H2,2H3. The maximum absolute atomic E-state index is 11.5. The average molecular weight is 224 g/mol. The number of Topliss-reactive ketones (excluding diaryl/α,β-unsaturated/α-hetero) is 1. The van der Waals surface area contributed by atoms with Crippen molar-refractivity contribution in [3.05, 3.63) is 12.7 Å². The van der Waals surface area contributed by atoms with Gasteiger partial charge in [-0.2, -0.15) is 0 Å². The molecule has 0 heterocycles. The fourth-order valence-corrected chi connectivity index (χ4v) is 2.10. The van der Waals surface area contributed by atoms with Gasteiger partial charge in [0.2, 0.25) is 0 Å². The monoisotopic (exact) mass is 224 g/mol. The van der Waals surface area contributed by atoms with E-state index in [2.05, 4.69) is 11.3 Å². The molecule has 1 fully saturated rings. The number of rotatable bonds is 5. The van der Waals surface area contributed by atoms with Gasteiger partial charge in [-0.1, -0.05) is 6.58 Å². The molecule has 2 unspecified atom stereocenters. The van der Waals surface area contributed by atoms with Crippen LogP contribution in [0.2, 0.25) is 0 Å². The zero-order valence-corrected chi connectivity index (χ0v) is 9.40. The quantitative estimate of drug-likeness (QED) is 0.401. The molecule has 0 aliphatic heterocycles. The molecular weight excluding hydrogens is 208 g/mol. The first-order valence-electron chi connectivity index (χ1n) is 5.36. The van der Waals surface area contributed by atoms with E-state index in [4.69, 9.17) is 0 Å². The van der Waals surface area contributed by atoms with Gasteiger partial charge in [0.05, 0.1) is 7.11 Å². The van der Waals surface area contributed by atoms with Gasteiger partial charge in [-0.15, -0.1) is 0 Å². The van der Waals surface area contributed by atoms with Gasteiger partial charge in [0.1, 0.15) is 11.7 Å². The minimum Gasteiger partial charge on any atom is -0.468 e. The lowest BCUT2D eigenvalue weighted by Crippen LogP contribution is -2.26. The third-order valence-corrected chi connectivity index (χ3v) is 3.02. The SMILES string of the molecule is C=CC(=O)CCC1CCC(=O)C1C(=O)OC. The van der Waals surface area contributed by atoms with E-state index >= 15 is 0 Å². The topological polar surface area (TPSA) is 60.4 Å².